The van der Waals surface area contributed by atoms with E-state index in [2.05, 4.69) is 10.3 Å². The molecular weight excluding hydrogens is 546 g/mol. The molecule has 0 radical (unpaired) electrons. The number of esters is 2. The summed E-state index contributed by atoms with van der Waals surface area (Å²) in [6.45, 7) is -0.104. The molecule has 190 valence electrons. The molecule has 1 aromatic carbocycles. The van der Waals surface area contributed by atoms with Crippen LogP contribution in [0.1, 0.15) is 27.2 Å². The molecule has 3 aromatic rings. The summed E-state index contributed by atoms with van der Waals surface area (Å²) in [7, 11) is 2.61. The fourth-order valence-corrected chi connectivity index (χ4v) is 7.04. The molecule has 0 bridgehead atoms. The molecule has 1 aliphatic rings. The van der Waals surface area contributed by atoms with E-state index in [1.54, 1.807) is 22.8 Å². The number of amides is 2. The van der Waals surface area contributed by atoms with Crippen LogP contribution in [0, 0.1) is 0 Å². The largest absolute Gasteiger partial charge is 0.468 e. The van der Waals surface area contributed by atoms with Crippen LogP contribution in [0.5, 0.6) is 0 Å². The van der Waals surface area contributed by atoms with Crippen LogP contribution in [0.2, 0.25) is 5.02 Å². The van der Waals surface area contributed by atoms with Crippen molar-refractivity contribution in [2.75, 3.05) is 31.0 Å². The molecule has 4 rings (SSSR count). The number of methoxy groups -OCH3 is 2. The molecule has 9 nitrogen and oxygen atoms in total. The number of benzene rings is 1. The molecule has 0 atom stereocenters. The first-order valence-electron chi connectivity index (χ1n) is 10.8. The molecule has 0 spiro atoms. The predicted octanol–water partition coefficient (Wildman–Crippen LogP) is 3.67. The number of carbonyl (C=O) groups excluding carboxylic acids is 4. The molecule has 0 unspecified atom stereocenters. The third-order valence-corrected chi connectivity index (χ3v) is 8.80. The number of fused-ring (bicyclic) bond motifs is 2. The lowest BCUT2D eigenvalue weighted by molar-refractivity contribution is -0.141. The zero-order chi connectivity index (χ0) is 25.8. The molecule has 0 saturated heterocycles. The lowest BCUT2D eigenvalue weighted by atomic mass is 10.1. The Morgan fingerprint density at radius 2 is 1.94 bits per heavy atom. The van der Waals surface area contributed by atoms with Crippen molar-refractivity contribution in [3.05, 3.63) is 44.0 Å². The summed E-state index contributed by atoms with van der Waals surface area (Å²) in [5.41, 5.74) is 2.09. The summed E-state index contributed by atoms with van der Waals surface area (Å²) < 4.78 is 12.0. The van der Waals surface area contributed by atoms with E-state index < -0.39 is 17.8 Å². The van der Waals surface area contributed by atoms with E-state index in [0.717, 1.165) is 46.2 Å². The third-order valence-electron chi connectivity index (χ3n) is 5.40. The lowest BCUT2D eigenvalue weighted by Crippen LogP contribution is -2.23. The van der Waals surface area contributed by atoms with Crippen molar-refractivity contribution in [2.45, 2.75) is 25.8 Å². The monoisotopic (exact) mass is 567 g/mol. The number of aryl methyl sites for hydroxylation is 1. The van der Waals surface area contributed by atoms with E-state index in [1.807, 2.05) is 0 Å². The summed E-state index contributed by atoms with van der Waals surface area (Å²) in [6.07, 6.45) is 2.65. The molecule has 2 amide bonds. The maximum Gasteiger partial charge on any atom is 0.341 e. The van der Waals surface area contributed by atoms with Crippen molar-refractivity contribution in [3.63, 3.8) is 0 Å². The van der Waals surface area contributed by atoms with Gasteiger partial charge in [0, 0.05) is 9.90 Å². The Morgan fingerprint density at radius 1 is 1.14 bits per heavy atom. The Balaban J connectivity index is 1.42. The van der Waals surface area contributed by atoms with E-state index in [0.29, 0.717) is 25.9 Å². The van der Waals surface area contributed by atoms with Crippen LogP contribution < -0.4 is 10.1 Å². The van der Waals surface area contributed by atoms with Gasteiger partial charge in [-0.25, -0.2) is 4.79 Å². The average Bonchev–Trinajstić information content (AvgIpc) is 3.51. The quantitative estimate of drug-likeness (QED) is 0.413. The number of halogens is 1. The molecule has 1 aliphatic carbocycles. The first-order chi connectivity index (χ1) is 17.3. The summed E-state index contributed by atoms with van der Waals surface area (Å²) in [5, 5.41) is 3.80. The van der Waals surface area contributed by atoms with Gasteiger partial charge in [0.1, 0.15) is 11.5 Å². The summed E-state index contributed by atoms with van der Waals surface area (Å²) >= 11 is 9.81. The number of carbonyl (C=O) groups is 4. The van der Waals surface area contributed by atoms with Crippen LogP contribution >= 0.6 is 46.0 Å². The van der Waals surface area contributed by atoms with Crippen LogP contribution in [0.25, 0.3) is 10.2 Å². The first-order valence-corrected chi connectivity index (χ1v) is 14.0. The molecule has 0 aliphatic heterocycles. The van der Waals surface area contributed by atoms with E-state index in [1.165, 1.54) is 36.9 Å². The number of thioether (sulfide) groups is 1. The van der Waals surface area contributed by atoms with Crippen molar-refractivity contribution in [3.8, 4) is 0 Å². The number of nitrogens with zero attached hydrogens (tertiary/aromatic N) is 2. The SMILES string of the molecule is COC(=O)Cn1c(=NC(=O)CSCC(=O)Nc2sc3c(c2C(=O)OC)CCC3)sc2cc(Cl)ccc21. The number of hydrogen-bond donors (Lipinski definition) is 1. The smallest absolute Gasteiger partial charge is 0.341 e. The molecule has 0 fully saturated rings. The van der Waals surface area contributed by atoms with E-state index in [9.17, 15) is 19.2 Å². The van der Waals surface area contributed by atoms with Crippen molar-refractivity contribution in [1.82, 2.24) is 4.57 Å². The molecular formula is C23H22ClN3O6S3. The van der Waals surface area contributed by atoms with Gasteiger partial charge < -0.3 is 19.4 Å². The van der Waals surface area contributed by atoms with Gasteiger partial charge in [0.25, 0.3) is 5.91 Å². The van der Waals surface area contributed by atoms with E-state index in [4.69, 9.17) is 21.1 Å². The summed E-state index contributed by atoms with van der Waals surface area (Å²) in [6, 6.07) is 5.18. The van der Waals surface area contributed by atoms with Crippen LogP contribution in [-0.2, 0) is 43.2 Å². The fourth-order valence-electron chi connectivity index (χ4n) is 3.82. The third kappa shape index (κ3) is 5.83. The van der Waals surface area contributed by atoms with Crippen molar-refractivity contribution in [2.24, 2.45) is 4.99 Å². The molecule has 2 aromatic heterocycles. The molecule has 13 heteroatoms. The van der Waals surface area contributed by atoms with E-state index in [-0.39, 0.29) is 24.0 Å². The van der Waals surface area contributed by atoms with Crippen molar-refractivity contribution >= 4 is 85.0 Å². The van der Waals surface area contributed by atoms with Gasteiger partial charge in [-0.1, -0.05) is 22.9 Å². The van der Waals surface area contributed by atoms with Gasteiger partial charge in [0.05, 0.1) is 41.5 Å². The maximum atomic E-state index is 12.6. The zero-order valence-corrected chi connectivity index (χ0v) is 22.6. The number of thiazole rings is 1. The minimum Gasteiger partial charge on any atom is -0.468 e. The van der Waals surface area contributed by atoms with Crippen LogP contribution in [-0.4, -0.2) is 54.0 Å². The predicted molar refractivity (Wildman–Crippen MR) is 141 cm³/mol. The number of thiophene rings is 1. The maximum absolute atomic E-state index is 12.6. The second-order valence-corrected chi connectivity index (χ2v) is 11.3. The molecule has 36 heavy (non-hydrogen) atoms. The number of nitrogens with one attached hydrogen (secondary N) is 1. The van der Waals surface area contributed by atoms with Crippen molar-refractivity contribution in [1.29, 1.82) is 0 Å². The average molecular weight is 568 g/mol. The van der Waals surface area contributed by atoms with Gasteiger partial charge in [-0.2, -0.15) is 4.99 Å². The standard InChI is InChI=1S/C23H22ClN3O6S3/c1-32-19(30)9-27-14-7-6-12(24)8-16(14)36-23(27)26-18(29)11-34-10-17(28)25-21-20(22(31)33-2)13-4-3-5-15(13)35-21/h6-8H,3-5,9-11H2,1-2H3,(H,25,28). The lowest BCUT2D eigenvalue weighted by Gasteiger charge is -2.06. The zero-order valence-electron chi connectivity index (χ0n) is 19.4. The minimum atomic E-state index is -0.476. The highest BCUT2D eigenvalue weighted by Crippen LogP contribution is 2.39. The fraction of sp³-hybridized carbons (Fsp3) is 0.348. The van der Waals surface area contributed by atoms with Gasteiger partial charge in [0.2, 0.25) is 5.91 Å². The van der Waals surface area contributed by atoms with Crippen molar-refractivity contribution < 1.29 is 28.7 Å². The number of aromatic nitrogens is 1. The Morgan fingerprint density at radius 3 is 2.69 bits per heavy atom. The second kappa shape index (κ2) is 11.6. The van der Waals surface area contributed by atoms with Crippen LogP contribution in [0.15, 0.2) is 23.2 Å². The van der Waals surface area contributed by atoms with Gasteiger partial charge in [-0.3, -0.25) is 14.4 Å². The number of rotatable bonds is 8. The number of ether oxygens (including phenoxy) is 2. The topological polar surface area (TPSA) is 116 Å². The molecule has 1 N–H and O–H groups in total. The van der Waals surface area contributed by atoms with Gasteiger partial charge in [-0.15, -0.1) is 23.1 Å². The van der Waals surface area contributed by atoms with Gasteiger partial charge in [0.15, 0.2) is 4.80 Å². The normalized spacial score (nSPS) is 13.0. The van der Waals surface area contributed by atoms with Gasteiger partial charge in [-0.05, 0) is 43.0 Å². The minimum absolute atomic E-state index is 0.00856. The number of hydrogen-bond acceptors (Lipinski definition) is 9. The van der Waals surface area contributed by atoms with E-state index >= 15 is 0 Å². The highest BCUT2D eigenvalue weighted by Gasteiger charge is 2.28. The summed E-state index contributed by atoms with van der Waals surface area (Å²) in [4.78, 5) is 54.8. The Kier molecular flexibility index (Phi) is 8.50. The highest BCUT2D eigenvalue weighted by molar-refractivity contribution is 8.00. The Hall–Kier alpha value is -2.67. The molecule has 0 saturated carbocycles. The Bertz CT molecular complexity index is 1420. The summed E-state index contributed by atoms with van der Waals surface area (Å²) in [5.74, 6) is -1.74. The number of anilines is 1. The highest BCUT2D eigenvalue weighted by atomic mass is 35.5. The first kappa shape index (κ1) is 26.4. The molecule has 2 heterocycles. The Labute approximate surface area is 223 Å². The van der Waals surface area contributed by atoms with Gasteiger partial charge >= 0.3 is 11.9 Å². The second-order valence-electron chi connectivity index (χ2n) is 7.76. The van der Waals surface area contributed by atoms with Crippen LogP contribution in [0.4, 0.5) is 5.00 Å². The van der Waals surface area contributed by atoms with Crippen LogP contribution in [0.3, 0.4) is 0 Å².